The number of carbonyl (C=O) groups is 2. The highest BCUT2D eigenvalue weighted by atomic mass is 16.2. The van der Waals surface area contributed by atoms with Gasteiger partial charge in [-0.3, -0.25) is 19.2 Å². The second kappa shape index (κ2) is 7.38. The molecule has 2 aliphatic heterocycles. The minimum Gasteiger partial charge on any atom is -0.357 e. The van der Waals surface area contributed by atoms with Crippen LogP contribution in [-0.2, 0) is 11.8 Å². The molecule has 4 rings (SSSR count). The summed E-state index contributed by atoms with van der Waals surface area (Å²) in [7, 11) is 1.80. The highest BCUT2D eigenvalue weighted by Crippen LogP contribution is 2.21. The van der Waals surface area contributed by atoms with E-state index in [2.05, 4.69) is 20.3 Å². The summed E-state index contributed by atoms with van der Waals surface area (Å²) in [5.74, 6) is 1.29. The van der Waals surface area contributed by atoms with Crippen LogP contribution in [0.15, 0.2) is 30.6 Å². The Labute approximate surface area is 158 Å². The summed E-state index contributed by atoms with van der Waals surface area (Å²) >= 11 is 0. The highest BCUT2D eigenvalue weighted by Gasteiger charge is 2.32. The Morgan fingerprint density at radius 3 is 2.63 bits per heavy atom. The van der Waals surface area contributed by atoms with E-state index in [-0.39, 0.29) is 11.8 Å². The Balaban J connectivity index is 1.42. The molecular weight excluding hydrogens is 344 g/mol. The Morgan fingerprint density at radius 2 is 1.96 bits per heavy atom. The van der Waals surface area contributed by atoms with Crippen LogP contribution in [0.25, 0.3) is 0 Å². The summed E-state index contributed by atoms with van der Waals surface area (Å²) in [5, 5.41) is 7.00. The van der Waals surface area contributed by atoms with Crippen molar-refractivity contribution in [2.24, 2.45) is 7.05 Å². The van der Waals surface area contributed by atoms with Gasteiger partial charge in [-0.15, -0.1) is 0 Å². The zero-order chi connectivity index (χ0) is 18.8. The molecule has 0 radical (unpaired) electrons. The first-order valence-electron chi connectivity index (χ1n) is 9.45. The molecule has 4 heterocycles. The van der Waals surface area contributed by atoms with Gasteiger partial charge in [-0.05, 0) is 37.8 Å². The van der Waals surface area contributed by atoms with Crippen molar-refractivity contribution >= 4 is 23.5 Å². The minimum absolute atomic E-state index is 0.0974. The van der Waals surface area contributed by atoms with E-state index in [1.165, 1.54) is 12.8 Å². The van der Waals surface area contributed by atoms with Crippen molar-refractivity contribution in [1.82, 2.24) is 20.1 Å². The van der Waals surface area contributed by atoms with Crippen LogP contribution in [0, 0.1) is 0 Å². The van der Waals surface area contributed by atoms with Crippen LogP contribution in [-0.4, -0.2) is 52.3 Å². The van der Waals surface area contributed by atoms with Crippen LogP contribution in [0.3, 0.4) is 0 Å². The molecule has 27 heavy (non-hydrogen) atoms. The molecule has 1 N–H and O–H groups in total. The molecule has 0 saturated carbocycles. The molecule has 0 bridgehead atoms. The van der Waals surface area contributed by atoms with E-state index in [1.54, 1.807) is 35.1 Å². The topological polar surface area (TPSA) is 83.4 Å². The van der Waals surface area contributed by atoms with Gasteiger partial charge in [-0.2, -0.15) is 5.10 Å². The molecule has 2 aliphatic rings. The molecule has 1 atom stereocenters. The molecule has 2 fully saturated rings. The van der Waals surface area contributed by atoms with E-state index in [9.17, 15) is 9.59 Å². The molecule has 0 aliphatic carbocycles. The standard InChI is InChI=1S/C19H24N6O2/c1-23-17(8-9-21-23)25-12-4-5-15(19(25)27)22-18(26)14-6-7-16(20-13-14)24-10-2-3-11-24/h6-9,13,15H,2-5,10-12H2,1H3,(H,22,26). The minimum atomic E-state index is -0.528. The monoisotopic (exact) mass is 368 g/mol. The van der Waals surface area contributed by atoms with Gasteiger partial charge in [0, 0.05) is 38.9 Å². The maximum Gasteiger partial charge on any atom is 0.253 e. The fraction of sp³-hybridized carbons (Fsp3) is 0.474. The van der Waals surface area contributed by atoms with Crippen molar-refractivity contribution in [3.8, 4) is 0 Å². The normalized spacial score (nSPS) is 20.2. The predicted molar refractivity (Wildman–Crippen MR) is 102 cm³/mol. The van der Waals surface area contributed by atoms with Gasteiger partial charge in [0.2, 0.25) is 0 Å². The maximum atomic E-state index is 12.8. The van der Waals surface area contributed by atoms with Gasteiger partial charge in [0.25, 0.3) is 11.8 Å². The third-order valence-electron chi connectivity index (χ3n) is 5.26. The van der Waals surface area contributed by atoms with Crippen molar-refractivity contribution < 1.29 is 9.59 Å². The molecule has 2 aromatic rings. The van der Waals surface area contributed by atoms with Gasteiger partial charge < -0.3 is 10.2 Å². The molecule has 1 unspecified atom stereocenters. The van der Waals surface area contributed by atoms with Crippen LogP contribution < -0.4 is 15.1 Å². The Hall–Kier alpha value is -2.90. The van der Waals surface area contributed by atoms with Gasteiger partial charge in [0.15, 0.2) is 0 Å². The summed E-state index contributed by atoms with van der Waals surface area (Å²) in [4.78, 5) is 33.7. The number of anilines is 2. The number of aryl methyl sites for hydroxylation is 1. The van der Waals surface area contributed by atoms with E-state index in [0.29, 0.717) is 18.5 Å². The smallest absolute Gasteiger partial charge is 0.253 e. The molecular formula is C19H24N6O2. The van der Waals surface area contributed by atoms with E-state index in [0.717, 1.165) is 31.1 Å². The van der Waals surface area contributed by atoms with Crippen molar-refractivity contribution in [3.05, 3.63) is 36.2 Å². The molecule has 2 aromatic heterocycles. The van der Waals surface area contributed by atoms with Crippen LogP contribution in [0.2, 0.25) is 0 Å². The third-order valence-corrected chi connectivity index (χ3v) is 5.26. The number of aromatic nitrogens is 3. The summed E-state index contributed by atoms with van der Waals surface area (Å²) in [6, 6.07) is 4.94. The SMILES string of the molecule is Cn1nccc1N1CCCC(NC(=O)c2ccc(N3CCCC3)nc2)C1=O. The van der Waals surface area contributed by atoms with Crippen molar-refractivity contribution in [3.63, 3.8) is 0 Å². The van der Waals surface area contributed by atoms with E-state index < -0.39 is 6.04 Å². The van der Waals surface area contributed by atoms with Crippen LogP contribution in [0.4, 0.5) is 11.6 Å². The lowest BCUT2D eigenvalue weighted by Crippen LogP contribution is -2.52. The largest absolute Gasteiger partial charge is 0.357 e. The highest BCUT2D eigenvalue weighted by molar-refractivity contribution is 6.02. The number of pyridine rings is 1. The zero-order valence-electron chi connectivity index (χ0n) is 15.5. The summed E-state index contributed by atoms with van der Waals surface area (Å²) in [5.41, 5.74) is 0.475. The van der Waals surface area contributed by atoms with E-state index >= 15 is 0 Å². The summed E-state index contributed by atoms with van der Waals surface area (Å²) < 4.78 is 1.67. The number of hydrogen-bond acceptors (Lipinski definition) is 5. The molecule has 0 aromatic carbocycles. The van der Waals surface area contributed by atoms with Crippen LogP contribution in [0.5, 0.6) is 0 Å². The molecule has 0 spiro atoms. The first-order chi connectivity index (χ1) is 13.1. The number of piperidine rings is 1. The zero-order valence-corrected chi connectivity index (χ0v) is 15.5. The van der Waals surface area contributed by atoms with Gasteiger partial charge >= 0.3 is 0 Å². The van der Waals surface area contributed by atoms with Gasteiger partial charge in [0.1, 0.15) is 17.7 Å². The second-order valence-corrected chi connectivity index (χ2v) is 7.07. The number of rotatable bonds is 4. The average molecular weight is 368 g/mol. The lowest BCUT2D eigenvalue weighted by atomic mass is 10.0. The first kappa shape index (κ1) is 17.5. The van der Waals surface area contributed by atoms with E-state index in [1.807, 2.05) is 12.1 Å². The van der Waals surface area contributed by atoms with Crippen LogP contribution >= 0.6 is 0 Å². The number of nitrogens with zero attached hydrogens (tertiary/aromatic N) is 5. The fourth-order valence-corrected chi connectivity index (χ4v) is 3.76. The molecule has 8 heteroatoms. The van der Waals surface area contributed by atoms with Crippen molar-refractivity contribution in [1.29, 1.82) is 0 Å². The second-order valence-electron chi connectivity index (χ2n) is 7.07. The van der Waals surface area contributed by atoms with Gasteiger partial charge in [-0.25, -0.2) is 4.98 Å². The van der Waals surface area contributed by atoms with Crippen molar-refractivity contribution in [2.45, 2.75) is 31.7 Å². The number of nitrogens with one attached hydrogen (secondary N) is 1. The van der Waals surface area contributed by atoms with Gasteiger partial charge in [-0.1, -0.05) is 0 Å². The van der Waals surface area contributed by atoms with Crippen molar-refractivity contribution in [2.75, 3.05) is 29.4 Å². The maximum absolute atomic E-state index is 12.8. The molecule has 2 amide bonds. The number of hydrogen-bond donors (Lipinski definition) is 1. The Morgan fingerprint density at radius 1 is 1.15 bits per heavy atom. The average Bonchev–Trinajstić information content (AvgIpc) is 3.35. The van der Waals surface area contributed by atoms with Gasteiger partial charge in [0.05, 0.1) is 11.8 Å². The Bertz CT molecular complexity index is 825. The quantitative estimate of drug-likeness (QED) is 0.881. The van der Waals surface area contributed by atoms with E-state index in [4.69, 9.17) is 0 Å². The first-order valence-corrected chi connectivity index (χ1v) is 9.45. The number of amides is 2. The Kier molecular flexibility index (Phi) is 4.79. The lowest BCUT2D eigenvalue weighted by molar-refractivity contribution is -0.121. The molecule has 142 valence electrons. The molecule has 2 saturated heterocycles. The fourth-order valence-electron chi connectivity index (χ4n) is 3.76. The third kappa shape index (κ3) is 3.51. The van der Waals surface area contributed by atoms with Crippen LogP contribution in [0.1, 0.15) is 36.0 Å². The summed E-state index contributed by atoms with van der Waals surface area (Å²) in [6.07, 6.45) is 7.08. The molecule has 8 nitrogen and oxygen atoms in total. The lowest BCUT2D eigenvalue weighted by Gasteiger charge is -2.32. The predicted octanol–water partition coefficient (Wildman–Crippen LogP) is 1.34. The summed E-state index contributed by atoms with van der Waals surface area (Å²) in [6.45, 7) is 2.66. The number of carbonyl (C=O) groups excluding carboxylic acids is 2.